The lowest BCUT2D eigenvalue weighted by molar-refractivity contribution is -0.307. The Morgan fingerprint density at radius 1 is 0.727 bits per heavy atom. The lowest BCUT2D eigenvalue weighted by Crippen LogP contribution is -2.22. The van der Waals surface area contributed by atoms with Gasteiger partial charge in [0.25, 0.3) is 11.8 Å². The van der Waals surface area contributed by atoms with Crippen molar-refractivity contribution in [2.24, 2.45) is 0 Å². The van der Waals surface area contributed by atoms with Crippen LogP contribution < -0.4 is 20.8 Å². The first-order chi connectivity index (χ1) is 20.8. The predicted octanol–water partition coefficient (Wildman–Crippen LogP) is 1.81. The van der Waals surface area contributed by atoms with Crippen molar-refractivity contribution in [1.29, 1.82) is 0 Å². The SMILES string of the molecule is C=CC1=C(C)C(=O)N/C1=C\c1[nH]c(C(=O)c2[nH]c(/C=C3\NC(=O)C(C)=C3CCC(=O)[O-])c(CCC(=O)[O-])c2C)c(C=C)c1C. The number of aromatic amines is 2. The summed E-state index contributed by atoms with van der Waals surface area (Å²) >= 11 is 0. The number of carbonyl (C=O) groups is 5. The fourth-order valence-electron chi connectivity index (χ4n) is 5.46. The Labute approximate surface area is 253 Å². The molecule has 4 rings (SSSR count). The second-order valence-electron chi connectivity index (χ2n) is 10.6. The molecule has 0 atom stereocenters. The Bertz CT molecular complexity index is 1790. The maximum absolute atomic E-state index is 14.0. The van der Waals surface area contributed by atoms with E-state index in [2.05, 4.69) is 33.8 Å². The van der Waals surface area contributed by atoms with Gasteiger partial charge in [-0.3, -0.25) is 14.4 Å². The second-order valence-corrected chi connectivity index (χ2v) is 10.6. The highest BCUT2D eigenvalue weighted by Crippen LogP contribution is 2.32. The van der Waals surface area contributed by atoms with E-state index in [9.17, 15) is 34.2 Å². The lowest BCUT2D eigenvalue weighted by Gasteiger charge is -2.08. The number of carbonyl (C=O) groups excluding carboxylic acids is 5. The van der Waals surface area contributed by atoms with Crippen molar-refractivity contribution >= 4 is 47.8 Å². The molecule has 11 nitrogen and oxygen atoms in total. The summed E-state index contributed by atoms with van der Waals surface area (Å²) < 4.78 is 0. The summed E-state index contributed by atoms with van der Waals surface area (Å²) in [6.07, 6.45) is 5.89. The van der Waals surface area contributed by atoms with Gasteiger partial charge in [0.15, 0.2) is 0 Å². The first-order valence-corrected chi connectivity index (χ1v) is 13.9. The molecule has 0 saturated carbocycles. The van der Waals surface area contributed by atoms with Gasteiger partial charge < -0.3 is 40.4 Å². The summed E-state index contributed by atoms with van der Waals surface area (Å²) in [5, 5.41) is 28.0. The number of aromatic nitrogens is 2. The topological polar surface area (TPSA) is 187 Å². The molecule has 44 heavy (non-hydrogen) atoms. The third-order valence-corrected chi connectivity index (χ3v) is 8.00. The van der Waals surface area contributed by atoms with Crippen molar-refractivity contribution in [3.63, 3.8) is 0 Å². The molecule has 0 aliphatic carbocycles. The first-order valence-electron chi connectivity index (χ1n) is 13.9. The normalized spacial score (nSPS) is 16.6. The molecule has 4 N–H and O–H groups in total. The minimum Gasteiger partial charge on any atom is -0.550 e. The Hall–Kier alpha value is -5.45. The molecule has 2 aliphatic rings. The van der Waals surface area contributed by atoms with Crippen LogP contribution in [0, 0.1) is 13.8 Å². The van der Waals surface area contributed by atoms with Gasteiger partial charge in [-0.15, -0.1) is 0 Å². The molecule has 11 heteroatoms. The largest absolute Gasteiger partial charge is 0.550 e. The molecule has 2 aliphatic heterocycles. The number of hydrogen-bond donors (Lipinski definition) is 4. The third-order valence-electron chi connectivity index (χ3n) is 8.00. The summed E-state index contributed by atoms with van der Waals surface area (Å²) in [6.45, 7) is 14.4. The molecule has 0 saturated heterocycles. The van der Waals surface area contributed by atoms with Crippen LogP contribution in [0.25, 0.3) is 18.2 Å². The molecule has 0 spiro atoms. The molecule has 0 bridgehead atoms. The van der Waals surface area contributed by atoms with Gasteiger partial charge >= 0.3 is 0 Å². The minimum atomic E-state index is -1.27. The molecule has 2 aromatic rings. The molecule has 0 fully saturated rings. The van der Waals surface area contributed by atoms with E-state index < -0.39 is 17.7 Å². The smallest absolute Gasteiger partial charge is 0.251 e. The zero-order valence-corrected chi connectivity index (χ0v) is 24.9. The van der Waals surface area contributed by atoms with Gasteiger partial charge in [-0.1, -0.05) is 25.3 Å². The quantitative estimate of drug-likeness (QED) is 0.269. The minimum absolute atomic E-state index is 0.0349. The zero-order chi connectivity index (χ0) is 32.5. The molecule has 4 heterocycles. The number of amides is 2. The van der Waals surface area contributed by atoms with E-state index >= 15 is 0 Å². The van der Waals surface area contributed by atoms with Crippen LogP contribution in [0.4, 0.5) is 0 Å². The average molecular weight is 597 g/mol. The van der Waals surface area contributed by atoms with Crippen LogP contribution in [0.1, 0.15) is 82.9 Å². The fourth-order valence-corrected chi connectivity index (χ4v) is 5.46. The fraction of sp³-hybridized carbons (Fsp3) is 0.242. The monoisotopic (exact) mass is 596 g/mol. The summed E-state index contributed by atoms with van der Waals surface area (Å²) in [5.41, 5.74) is 6.56. The van der Waals surface area contributed by atoms with Crippen LogP contribution in [-0.2, 0) is 25.6 Å². The number of carboxylic acids is 2. The van der Waals surface area contributed by atoms with Crippen LogP contribution in [0.15, 0.2) is 52.9 Å². The second kappa shape index (κ2) is 12.4. The molecule has 228 valence electrons. The molecule has 0 unspecified atom stereocenters. The van der Waals surface area contributed by atoms with Crippen LogP contribution >= 0.6 is 0 Å². The number of hydrogen-bond acceptors (Lipinski definition) is 7. The summed E-state index contributed by atoms with van der Waals surface area (Å²) in [6, 6.07) is 0. The first kappa shape index (κ1) is 31.5. The number of rotatable bonds is 12. The highest BCUT2D eigenvalue weighted by atomic mass is 16.4. The number of allylic oxidation sites excluding steroid dienone is 2. The van der Waals surface area contributed by atoms with Crippen molar-refractivity contribution in [2.75, 3.05) is 0 Å². The Morgan fingerprint density at radius 2 is 1.30 bits per heavy atom. The van der Waals surface area contributed by atoms with Crippen molar-refractivity contribution in [3.8, 4) is 0 Å². The van der Waals surface area contributed by atoms with E-state index in [1.807, 2.05) is 6.92 Å². The Balaban J connectivity index is 1.81. The molecule has 2 amide bonds. The summed E-state index contributed by atoms with van der Waals surface area (Å²) in [4.78, 5) is 67.4. The van der Waals surface area contributed by atoms with Gasteiger partial charge in [-0.2, -0.15) is 0 Å². The van der Waals surface area contributed by atoms with Gasteiger partial charge in [-0.05, 0) is 87.8 Å². The molecule has 0 radical (unpaired) electrons. The lowest BCUT2D eigenvalue weighted by atomic mass is 9.99. The van der Waals surface area contributed by atoms with Crippen LogP contribution in [0.2, 0.25) is 0 Å². The third kappa shape index (κ3) is 5.89. The molecule has 0 aromatic carbocycles. The van der Waals surface area contributed by atoms with Gasteiger partial charge in [0.1, 0.15) is 0 Å². The van der Waals surface area contributed by atoms with Crippen LogP contribution in [0.3, 0.4) is 0 Å². The van der Waals surface area contributed by atoms with E-state index in [-0.39, 0.29) is 48.9 Å². The molecule has 2 aromatic heterocycles. The molecular weight excluding hydrogens is 564 g/mol. The number of ketones is 1. The van der Waals surface area contributed by atoms with E-state index in [4.69, 9.17) is 0 Å². The van der Waals surface area contributed by atoms with Crippen LogP contribution in [-0.4, -0.2) is 39.5 Å². The van der Waals surface area contributed by atoms with Crippen molar-refractivity contribution in [2.45, 2.75) is 53.4 Å². The van der Waals surface area contributed by atoms with Gasteiger partial charge in [0.2, 0.25) is 5.78 Å². The highest BCUT2D eigenvalue weighted by molar-refractivity contribution is 6.11. The number of carboxylic acid groups (broad SMARTS) is 2. The Kier molecular flexibility index (Phi) is 8.89. The highest BCUT2D eigenvalue weighted by Gasteiger charge is 2.28. The number of aliphatic carboxylic acids is 2. The maximum Gasteiger partial charge on any atom is 0.251 e. The van der Waals surface area contributed by atoms with E-state index in [0.29, 0.717) is 67.3 Å². The average Bonchev–Trinajstić information content (AvgIpc) is 3.63. The Morgan fingerprint density at radius 3 is 1.91 bits per heavy atom. The van der Waals surface area contributed by atoms with E-state index in [1.54, 1.807) is 45.1 Å². The maximum atomic E-state index is 14.0. The van der Waals surface area contributed by atoms with E-state index in [0.717, 1.165) is 0 Å². The standard InChI is InChI=1S/C33H34N4O7/c1-7-19-17(5)32(43)36-24(19)13-23-15(3)20(8-2)30(34-23)31(42)29-16(4)21(9-11-27(38)39)25(35-29)14-26-22(10-12-28(40)41)18(6)33(44)37-26/h7-8,13-14,34-35H,1-2,9-12H2,3-6H3,(H,36,43)(H,37,44)(H,38,39)(H,40,41)/p-2/b24-13-,26-14-. The van der Waals surface area contributed by atoms with Crippen molar-refractivity contribution in [1.82, 2.24) is 20.6 Å². The van der Waals surface area contributed by atoms with Gasteiger partial charge in [0, 0.05) is 51.3 Å². The summed E-state index contributed by atoms with van der Waals surface area (Å²) in [5.74, 6) is -3.59. The van der Waals surface area contributed by atoms with Gasteiger partial charge in [0.05, 0.1) is 17.1 Å². The molecular formula is C33H32N4O7-2. The number of nitrogens with one attached hydrogen (secondary N) is 4. The van der Waals surface area contributed by atoms with Gasteiger partial charge in [-0.25, -0.2) is 0 Å². The summed E-state index contributed by atoms with van der Waals surface area (Å²) in [7, 11) is 0. The van der Waals surface area contributed by atoms with Crippen molar-refractivity contribution < 1.29 is 34.2 Å². The van der Waals surface area contributed by atoms with Crippen molar-refractivity contribution in [3.05, 3.63) is 97.9 Å². The van der Waals surface area contributed by atoms with E-state index in [1.165, 1.54) is 0 Å². The van der Waals surface area contributed by atoms with Crippen LogP contribution in [0.5, 0.6) is 0 Å². The predicted molar refractivity (Wildman–Crippen MR) is 160 cm³/mol. The number of H-pyrrole nitrogens is 2. The zero-order valence-electron chi connectivity index (χ0n) is 24.9.